The van der Waals surface area contributed by atoms with E-state index in [2.05, 4.69) is 5.92 Å². The van der Waals surface area contributed by atoms with Gasteiger partial charge in [0.1, 0.15) is 18.3 Å². The van der Waals surface area contributed by atoms with Gasteiger partial charge in [-0.15, -0.1) is 6.42 Å². The molecule has 0 aromatic carbocycles. The summed E-state index contributed by atoms with van der Waals surface area (Å²) in [7, 11) is 0. The molecule has 150 valence electrons. The van der Waals surface area contributed by atoms with Gasteiger partial charge in [-0.1, -0.05) is 5.92 Å². The van der Waals surface area contributed by atoms with Gasteiger partial charge in [0.15, 0.2) is 18.4 Å². The molecular weight excluding hydrogens is 376 g/mol. The van der Waals surface area contributed by atoms with E-state index in [1.807, 2.05) is 4.98 Å². The van der Waals surface area contributed by atoms with Crippen LogP contribution < -0.4 is 11.2 Å². The van der Waals surface area contributed by atoms with Gasteiger partial charge in [0.2, 0.25) is 0 Å². The molecule has 1 aliphatic rings. The van der Waals surface area contributed by atoms with Gasteiger partial charge in [-0.2, -0.15) is 0 Å². The number of nitrogens with zero attached hydrogens (tertiary/aromatic N) is 1. The first-order chi connectivity index (χ1) is 13.1. The number of ether oxygens (including phenoxy) is 4. The minimum absolute atomic E-state index is 0.169. The van der Waals surface area contributed by atoms with Crippen LogP contribution in [0.2, 0.25) is 0 Å². The Kier molecular flexibility index (Phi) is 6.37. The van der Waals surface area contributed by atoms with Crippen molar-refractivity contribution in [3.63, 3.8) is 0 Å². The number of carbonyl (C=O) groups is 3. The molecule has 11 nitrogen and oxygen atoms in total. The number of esters is 3. The summed E-state index contributed by atoms with van der Waals surface area (Å²) in [6.07, 6.45) is 1.51. The molecule has 4 atom stereocenters. The lowest BCUT2D eigenvalue weighted by molar-refractivity contribution is -0.166. The minimum atomic E-state index is -1.30. The van der Waals surface area contributed by atoms with Crippen molar-refractivity contribution in [2.24, 2.45) is 0 Å². The fraction of sp³-hybridized carbons (Fsp3) is 0.471. The van der Waals surface area contributed by atoms with Gasteiger partial charge in [0.05, 0.1) is 0 Å². The van der Waals surface area contributed by atoms with Gasteiger partial charge in [0.25, 0.3) is 5.56 Å². The fourth-order valence-electron chi connectivity index (χ4n) is 2.69. The van der Waals surface area contributed by atoms with Gasteiger partial charge >= 0.3 is 23.6 Å². The zero-order valence-corrected chi connectivity index (χ0v) is 15.3. The van der Waals surface area contributed by atoms with E-state index >= 15 is 0 Å². The molecule has 28 heavy (non-hydrogen) atoms. The Morgan fingerprint density at radius 1 is 1.14 bits per heavy atom. The number of terminal acetylenes is 1. The molecule has 1 aromatic heterocycles. The van der Waals surface area contributed by atoms with Crippen molar-refractivity contribution in [1.29, 1.82) is 0 Å². The highest BCUT2D eigenvalue weighted by molar-refractivity contribution is 5.68. The van der Waals surface area contributed by atoms with E-state index in [1.165, 1.54) is 6.92 Å². The largest absolute Gasteiger partial charge is 0.463 e. The van der Waals surface area contributed by atoms with Crippen LogP contribution in [0.5, 0.6) is 0 Å². The van der Waals surface area contributed by atoms with Gasteiger partial charge in [-0.3, -0.25) is 28.7 Å². The van der Waals surface area contributed by atoms with Crippen molar-refractivity contribution in [2.45, 2.75) is 45.3 Å². The highest BCUT2D eigenvalue weighted by atomic mass is 16.7. The van der Waals surface area contributed by atoms with Crippen LogP contribution >= 0.6 is 0 Å². The molecule has 11 heteroatoms. The monoisotopic (exact) mass is 394 g/mol. The Morgan fingerprint density at radius 2 is 1.75 bits per heavy atom. The quantitative estimate of drug-likeness (QED) is 0.372. The average molecular weight is 394 g/mol. The first kappa shape index (κ1) is 20.9. The van der Waals surface area contributed by atoms with Crippen LogP contribution in [0.3, 0.4) is 0 Å². The summed E-state index contributed by atoms with van der Waals surface area (Å²) in [5, 5.41) is 0. The number of aromatic nitrogens is 2. The normalized spacial score (nSPS) is 23.5. The van der Waals surface area contributed by atoms with E-state index in [0.29, 0.717) is 0 Å². The molecule has 0 amide bonds. The molecule has 1 aliphatic heterocycles. The maximum absolute atomic E-state index is 12.3. The molecule has 1 aromatic rings. The first-order valence-corrected chi connectivity index (χ1v) is 8.09. The number of hydrogen-bond donors (Lipinski definition) is 1. The average Bonchev–Trinajstić information content (AvgIpc) is 2.89. The molecule has 0 spiro atoms. The summed E-state index contributed by atoms with van der Waals surface area (Å²) in [5.74, 6) is 0.0498. The summed E-state index contributed by atoms with van der Waals surface area (Å²) in [5.41, 5.74) is -1.84. The Hall–Kier alpha value is -3.39. The maximum atomic E-state index is 12.3. The predicted octanol–water partition coefficient (Wildman–Crippen LogP) is -1.16. The Balaban J connectivity index is 2.51. The van der Waals surface area contributed by atoms with Gasteiger partial charge in [-0.05, 0) is 0 Å². The number of hydrogen-bond acceptors (Lipinski definition) is 9. The molecule has 0 bridgehead atoms. The third-order valence-electron chi connectivity index (χ3n) is 3.74. The van der Waals surface area contributed by atoms with E-state index in [-0.39, 0.29) is 12.2 Å². The van der Waals surface area contributed by atoms with Gasteiger partial charge in [-0.25, -0.2) is 4.79 Å². The highest BCUT2D eigenvalue weighted by Crippen LogP contribution is 2.33. The van der Waals surface area contributed by atoms with E-state index < -0.39 is 53.7 Å². The van der Waals surface area contributed by atoms with Crippen LogP contribution in [0.15, 0.2) is 15.8 Å². The summed E-state index contributed by atoms with van der Waals surface area (Å²) >= 11 is 0. The molecule has 2 heterocycles. The number of aromatic amines is 1. The van der Waals surface area contributed by atoms with E-state index in [9.17, 15) is 24.0 Å². The second-order valence-corrected chi connectivity index (χ2v) is 5.87. The lowest BCUT2D eigenvalue weighted by Gasteiger charge is -2.23. The molecule has 1 saturated heterocycles. The molecule has 1 fully saturated rings. The van der Waals surface area contributed by atoms with Gasteiger partial charge in [0, 0.05) is 27.0 Å². The molecule has 2 rings (SSSR count). The Bertz CT molecular complexity index is 939. The van der Waals surface area contributed by atoms with Crippen LogP contribution in [-0.4, -0.2) is 52.4 Å². The SMILES string of the molecule is C#Cc1cn([C@@H]2O[C@H](COC(C)=O)[C@@H](OC(C)=O)[C@@H]2OC(C)=O)c(=O)[nH]c1=O. The van der Waals surface area contributed by atoms with Crippen LogP contribution in [0.1, 0.15) is 32.6 Å². The topological polar surface area (TPSA) is 143 Å². The van der Waals surface area contributed by atoms with Crippen molar-refractivity contribution >= 4 is 17.9 Å². The summed E-state index contributed by atoms with van der Waals surface area (Å²) in [6, 6.07) is 0. The van der Waals surface area contributed by atoms with Crippen molar-refractivity contribution in [2.75, 3.05) is 6.61 Å². The number of rotatable bonds is 5. The number of carbonyl (C=O) groups excluding carboxylic acids is 3. The van der Waals surface area contributed by atoms with Crippen molar-refractivity contribution < 1.29 is 33.3 Å². The van der Waals surface area contributed by atoms with E-state index in [4.69, 9.17) is 25.4 Å². The Morgan fingerprint density at radius 3 is 2.29 bits per heavy atom. The minimum Gasteiger partial charge on any atom is -0.463 e. The molecule has 0 saturated carbocycles. The standard InChI is InChI=1S/C17H18N2O9/c1-5-11-6-19(17(24)18-15(11)23)16-14(27-10(4)22)13(26-9(3)21)12(28-16)7-25-8(2)20/h1,6,12-14,16H,7H2,2-4H3,(H,18,23,24)/t12-,13-,14+,16-/m1/s1. The van der Waals surface area contributed by atoms with Crippen molar-refractivity contribution in [3.8, 4) is 12.3 Å². The second-order valence-electron chi connectivity index (χ2n) is 5.87. The number of H-pyrrole nitrogens is 1. The second kappa shape index (κ2) is 8.53. The fourth-order valence-corrected chi connectivity index (χ4v) is 2.69. The summed E-state index contributed by atoms with van der Waals surface area (Å²) in [6.45, 7) is 3.08. The molecule has 0 radical (unpaired) electrons. The molecule has 0 unspecified atom stereocenters. The lowest BCUT2D eigenvalue weighted by atomic mass is 10.1. The maximum Gasteiger partial charge on any atom is 0.330 e. The van der Waals surface area contributed by atoms with Gasteiger partial charge < -0.3 is 18.9 Å². The zero-order chi connectivity index (χ0) is 21.0. The smallest absolute Gasteiger partial charge is 0.330 e. The van der Waals surface area contributed by atoms with Crippen molar-refractivity contribution in [3.05, 3.63) is 32.6 Å². The van der Waals surface area contributed by atoms with Crippen LogP contribution in [0, 0.1) is 12.3 Å². The first-order valence-electron chi connectivity index (χ1n) is 8.09. The molecule has 1 N–H and O–H groups in total. The molecular formula is C17H18N2O9. The van der Waals surface area contributed by atoms with E-state index in [1.54, 1.807) is 0 Å². The van der Waals surface area contributed by atoms with Crippen molar-refractivity contribution in [1.82, 2.24) is 9.55 Å². The van der Waals surface area contributed by atoms with Crippen LogP contribution in [-0.2, 0) is 33.3 Å². The molecule has 0 aliphatic carbocycles. The summed E-state index contributed by atoms with van der Waals surface area (Å²) in [4.78, 5) is 60.2. The highest BCUT2D eigenvalue weighted by Gasteiger charge is 2.51. The summed E-state index contributed by atoms with van der Waals surface area (Å²) < 4.78 is 21.9. The zero-order valence-electron chi connectivity index (χ0n) is 15.3. The third kappa shape index (κ3) is 4.66. The Labute approximate surface area is 158 Å². The predicted molar refractivity (Wildman–Crippen MR) is 90.9 cm³/mol. The lowest BCUT2D eigenvalue weighted by Crippen LogP contribution is -2.42. The van der Waals surface area contributed by atoms with Crippen LogP contribution in [0.4, 0.5) is 0 Å². The third-order valence-corrected chi connectivity index (χ3v) is 3.74. The number of nitrogens with one attached hydrogen (secondary N) is 1. The van der Waals surface area contributed by atoms with Crippen LogP contribution in [0.25, 0.3) is 0 Å². The van der Waals surface area contributed by atoms with E-state index in [0.717, 1.165) is 24.6 Å².